The first kappa shape index (κ1) is 19.3. The first-order chi connectivity index (χ1) is 14.6. The number of benzene rings is 2. The molecule has 4 rings (SSSR count). The molecule has 2 heterocycles. The van der Waals surface area contributed by atoms with E-state index >= 15 is 0 Å². The van der Waals surface area contributed by atoms with Gasteiger partial charge in [0.1, 0.15) is 12.9 Å². The maximum absolute atomic E-state index is 12.8. The first-order valence-corrected chi connectivity index (χ1v) is 9.38. The van der Waals surface area contributed by atoms with Crippen molar-refractivity contribution in [1.82, 2.24) is 19.5 Å². The largest absolute Gasteiger partial charge is 0.464 e. The number of carbonyl (C=O) groups excluding carboxylic acids is 2. The number of esters is 1. The summed E-state index contributed by atoms with van der Waals surface area (Å²) >= 11 is 0. The summed E-state index contributed by atoms with van der Waals surface area (Å²) in [6.45, 7) is 1.97. The molecule has 0 aliphatic heterocycles. The third-order valence-corrected chi connectivity index (χ3v) is 4.50. The third-order valence-electron chi connectivity index (χ3n) is 4.50. The van der Waals surface area contributed by atoms with Gasteiger partial charge in [-0.05, 0) is 23.3 Å². The van der Waals surface area contributed by atoms with Crippen LogP contribution in [0.5, 0.6) is 0 Å². The van der Waals surface area contributed by atoms with Gasteiger partial charge in [-0.3, -0.25) is 9.59 Å². The Kier molecular flexibility index (Phi) is 5.47. The SMILES string of the molecule is CC(=O)OCCn1cnc2c(NC(=O)c3cccc(-c4ccccc4)c3)ncnc21. The number of fused-ring (bicyclic) bond motifs is 1. The van der Waals surface area contributed by atoms with E-state index in [2.05, 4.69) is 20.3 Å². The van der Waals surface area contributed by atoms with Gasteiger partial charge in [0.2, 0.25) is 0 Å². The third kappa shape index (κ3) is 4.17. The highest BCUT2D eigenvalue weighted by atomic mass is 16.5. The van der Waals surface area contributed by atoms with Crippen molar-refractivity contribution in [3.05, 3.63) is 72.8 Å². The van der Waals surface area contributed by atoms with Crippen molar-refractivity contribution in [2.45, 2.75) is 13.5 Å². The lowest BCUT2D eigenvalue weighted by Crippen LogP contribution is -2.14. The zero-order valence-electron chi connectivity index (χ0n) is 16.3. The molecule has 0 atom stereocenters. The van der Waals surface area contributed by atoms with Crippen LogP contribution in [0.4, 0.5) is 5.82 Å². The number of hydrogen-bond donors (Lipinski definition) is 1. The number of aromatic nitrogens is 4. The lowest BCUT2D eigenvalue weighted by molar-refractivity contribution is -0.141. The average Bonchev–Trinajstić information content (AvgIpc) is 3.18. The highest BCUT2D eigenvalue weighted by Crippen LogP contribution is 2.22. The molecule has 1 amide bonds. The Morgan fingerprint density at radius 3 is 2.60 bits per heavy atom. The molecule has 0 bridgehead atoms. The predicted molar refractivity (Wildman–Crippen MR) is 112 cm³/mol. The highest BCUT2D eigenvalue weighted by Gasteiger charge is 2.14. The van der Waals surface area contributed by atoms with Crippen molar-refractivity contribution in [3.63, 3.8) is 0 Å². The minimum atomic E-state index is -0.347. The van der Waals surface area contributed by atoms with Crippen LogP contribution in [0.2, 0.25) is 0 Å². The van der Waals surface area contributed by atoms with Gasteiger partial charge < -0.3 is 14.6 Å². The molecule has 1 N–H and O–H groups in total. The topological polar surface area (TPSA) is 99.0 Å². The summed E-state index contributed by atoms with van der Waals surface area (Å²) in [6, 6.07) is 17.2. The second kappa shape index (κ2) is 8.52. The number of carbonyl (C=O) groups is 2. The van der Waals surface area contributed by atoms with Gasteiger partial charge in [0.05, 0.1) is 12.9 Å². The van der Waals surface area contributed by atoms with Crippen LogP contribution in [-0.2, 0) is 16.1 Å². The Morgan fingerprint density at radius 1 is 1.00 bits per heavy atom. The minimum absolute atomic E-state index is 0.207. The van der Waals surface area contributed by atoms with Crippen molar-refractivity contribution >= 4 is 28.9 Å². The predicted octanol–water partition coefficient (Wildman–Crippen LogP) is 3.31. The number of nitrogens with one attached hydrogen (secondary N) is 1. The Labute approximate surface area is 172 Å². The summed E-state index contributed by atoms with van der Waals surface area (Å²) in [4.78, 5) is 36.5. The Bertz CT molecular complexity index is 1200. The molecule has 150 valence electrons. The van der Waals surface area contributed by atoms with E-state index < -0.39 is 0 Å². The molecule has 8 nitrogen and oxygen atoms in total. The van der Waals surface area contributed by atoms with Crippen LogP contribution in [0.25, 0.3) is 22.3 Å². The summed E-state index contributed by atoms with van der Waals surface area (Å²) < 4.78 is 6.71. The number of rotatable bonds is 6. The number of nitrogens with zero attached hydrogens (tertiary/aromatic N) is 4. The summed E-state index contributed by atoms with van der Waals surface area (Å²) in [5.41, 5.74) is 3.50. The monoisotopic (exact) mass is 401 g/mol. The van der Waals surface area contributed by atoms with E-state index in [1.54, 1.807) is 17.0 Å². The van der Waals surface area contributed by atoms with Crippen LogP contribution in [0, 0.1) is 0 Å². The van der Waals surface area contributed by atoms with Gasteiger partial charge in [-0.25, -0.2) is 15.0 Å². The Hall–Kier alpha value is -4.07. The molecule has 0 saturated carbocycles. The molecule has 0 spiro atoms. The molecule has 0 aliphatic rings. The van der Waals surface area contributed by atoms with Crippen LogP contribution in [0.3, 0.4) is 0 Å². The number of ether oxygens (including phenoxy) is 1. The number of hydrogen-bond acceptors (Lipinski definition) is 6. The van der Waals surface area contributed by atoms with Crippen LogP contribution in [0.1, 0.15) is 17.3 Å². The second-order valence-corrected chi connectivity index (χ2v) is 6.57. The highest BCUT2D eigenvalue weighted by molar-refractivity contribution is 6.07. The van der Waals surface area contributed by atoms with E-state index in [9.17, 15) is 9.59 Å². The van der Waals surface area contributed by atoms with E-state index in [1.165, 1.54) is 13.3 Å². The van der Waals surface area contributed by atoms with Crippen LogP contribution < -0.4 is 5.32 Å². The van der Waals surface area contributed by atoms with Crippen molar-refractivity contribution in [3.8, 4) is 11.1 Å². The molecular weight excluding hydrogens is 382 g/mol. The number of anilines is 1. The molecule has 2 aromatic carbocycles. The van der Waals surface area contributed by atoms with Crippen molar-refractivity contribution < 1.29 is 14.3 Å². The first-order valence-electron chi connectivity index (χ1n) is 9.38. The molecule has 8 heteroatoms. The fraction of sp³-hybridized carbons (Fsp3) is 0.136. The molecule has 30 heavy (non-hydrogen) atoms. The summed E-state index contributed by atoms with van der Waals surface area (Å²) in [7, 11) is 0. The lowest BCUT2D eigenvalue weighted by Gasteiger charge is -2.08. The van der Waals surface area contributed by atoms with Gasteiger partial charge in [-0.2, -0.15) is 0 Å². The fourth-order valence-electron chi connectivity index (χ4n) is 3.07. The molecule has 0 aliphatic carbocycles. The molecule has 4 aromatic rings. The molecule has 0 fully saturated rings. The van der Waals surface area contributed by atoms with E-state index in [0.717, 1.165) is 11.1 Å². The molecule has 0 unspecified atom stereocenters. The molecule has 0 radical (unpaired) electrons. The number of amides is 1. The number of imidazole rings is 1. The molecule has 2 aromatic heterocycles. The van der Waals surface area contributed by atoms with Gasteiger partial charge >= 0.3 is 5.97 Å². The summed E-state index contributed by atoms with van der Waals surface area (Å²) in [5, 5.41) is 2.82. The average molecular weight is 401 g/mol. The van der Waals surface area contributed by atoms with E-state index in [1.807, 2.05) is 48.5 Å². The van der Waals surface area contributed by atoms with Crippen molar-refractivity contribution in [2.24, 2.45) is 0 Å². The van der Waals surface area contributed by atoms with Gasteiger partial charge in [-0.1, -0.05) is 42.5 Å². The molecule has 0 saturated heterocycles. The van der Waals surface area contributed by atoms with E-state index in [-0.39, 0.29) is 18.5 Å². The van der Waals surface area contributed by atoms with Crippen molar-refractivity contribution in [2.75, 3.05) is 11.9 Å². The van der Waals surface area contributed by atoms with Gasteiger partial charge in [0, 0.05) is 12.5 Å². The Morgan fingerprint density at radius 2 is 1.80 bits per heavy atom. The smallest absolute Gasteiger partial charge is 0.302 e. The summed E-state index contributed by atoms with van der Waals surface area (Å²) in [6.07, 6.45) is 2.94. The maximum Gasteiger partial charge on any atom is 0.302 e. The van der Waals surface area contributed by atoms with Gasteiger partial charge in [-0.15, -0.1) is 0 Å². The zero-order chi connectivity index (χ0) is 20.9. The van der Waals surface area contributed by atoms with Crippen molar-refractivity contribution in [1.29, 1.82) is 0 Å². The minimum Gasteiger partial charge on any atom is -0.464 e. The molecular formula is C22H19N5O3. The normalized spacial score (nSPS) is 10.7. The maximum atomic E-state index is 12.8. The Balaban J connectivity index is 1.55. The van der Waals surface area contributed by atoms with Gasteiger partial charge in [0.25, 0.3) is 5.91 Å². The quantitative estimate of drug-likeness (QED) is 0.498. The lowest BCUT2D eigenvalue weighted by atomic mass is 10.0. The van der Waals surface area contributed by atoms with Crippen LogP contribution >= 0.6 is 0 Å². The van der Waals surface area contributed by atoms with E-state index in [4.69, 9.17) is 4.74 Å². The zero-order valence-corrected chi connectivity index (χ0v) is 16.3. The fourth-order valence-corrected chi connectivity index (χ4v) is 3.07. The standard InChI is InChI=1S/C22H19N5O3/c1-15(28)30-11-10-27-14-25-19-20(23-13-24-21(19)27)26-22(29)18-9-5-8-17(12-18)16-6-3-2-4-7-16/h2-9,12-14H,10-11H2,1H3,(H,23,24,26,29). The van der Waals surface area contributed by atoms with Gasteiger partial charge in [0.15, 0.2) is 17.0 Å². The van der Waals surface area contributed by atoms with Crippen LogP contribution in [0.15, 0.2) is 67.3 Å². The summed E-state index contributed by atoms with van der Waals surface area (Å²) in [5.74, 6) is -0.316. The van der Waals surface area contributed by atoms with E-state index in [0.29, 0.717) is 29.1 Å². The van der Waals surface area contributed by atoms with Crippen LogP contribution in [-0.4, -0.2) is 38.0 Å². The second-order valence-electron chi connectivity index (χ2n) is 6.57.